The summed E-state index contributed by atoms with van der Waals surface area (Å²) < 4.78 is 237. The number of methoxy groups -OCH3 is 2. The number of hydroxylamine groups is 2. The Balaban J connectivity index is 1.15. The minimum Gasteiger partial charge on any atom is -0.382 e. The van der Waals surface area contributed by atoms with Gasteiger partial charge in [0.25, 0.3) is 62.4 Å². The third kappa shape index (κ3) is 21.7. The molecule has 1 saturated heterocycles. The summed E-state index contributed by atoms with van der Waals surface area (Å²) in [7, 11) is -22.1. The number of ether oxygens (including phenoxy) is 10. The Bertz CT molecular complexity index is 4300. The lowest BCUT2D eigenvalue weighted by atomic mass is 9.74. The van der Waals surface area contributed by atoms with Gasteiger partial charge < -0.3 is 57.1 Å². The van der Waals surface area contributed by atoms with Crippen molar-refractivity contribution in [1.29, 1.82) is 0 Å². The molecule has 7 rings (SSSR count). The van der Waals surface area contributed by atoms with E-state index in [2.05, 4.69) is 0 Å². The molecule has 32 nitrogen and oxygen atoms in total. The fraction of sp³-hybridized carbons (Fsp3) is 0.524. The molecule has 3 heterocycles. The van der Waals surface area contributed by atoms with E-state index in [1.165, 1.54) is 19.2 Å². The van der Waals surface area contributed by atoms with Gasteiger partial charge in [-0.1, -0.05) is 24.3 Å². The third-order valence-corrected chi connectivity index (χ3v) is 20.7. The van der Waals surface area contributed by atoms with Crippen LogP contribution in [0, 0.1) is 0 Å². The molecule has 0 spiro atoms. The van der Waals surface area contributed by atoms with Crippen molar-refractivity contribution in [1.82, 2.24) is 5.06 Å². The average molecular weight is 1510 g/mol. The molecule has 0 aliphatic carbocycles. The highest BCUT2D eigenvalue weighted by Gasteiger charge is 2.50. The molecule has 3 aliphatic heterocycles. The molecule has 3 aliphatic rings. The van der Waals surface area contributed by atoms with Crippen molar-refractivity contribution < 1.29 is 136 Å². The number of rotatable bonds is 45. The third-order valence-electron chi connectivity index (χ3n) is 16.5. The van der Waals surface area contributed by atoms with Gasteiger partial charge in [0.2, 0.25) is 5.69 Å². The number of benzene rings is 4. The normalized spacial score (nSPS) is 18.2. The quantitative estimate of drug-likeness (QED) is 0.0133. The van der Waals surface area contributed by atoms with Gasteiger partial charge in [-0.2, -0.15) is 46.7 Å². The van der Waals surface area contributed by atoms with E-state index >= 15 is 0 Å². The van der Waals surface area contributed by atoms with Crippen molar-refractivity contribution in [3.63, 3.8) is 0 Å². The fourth-order valence-corrected chi connectivity index (χ4v) is 15.1. The molecule has 0 aromatic heterocycles. The Morgan fingerprint density at radius 2 is 0.990 bits per heavy atom. The van der Waals surface area contributed by atoms with Gasteiger partial charge in [-0.3, -0.25) is 32.4 Å². The first-order valence-corrected chi connectivity index (χ1v) is 38.8. The molecule has 2 atom stereocenters. The fourth-order valence-electron chi connectivity index (χ4n) is 11.9. The Morgan fingerprint density at radius 1 is 0.520 bits per heavy atom. The smallest absolute Gasteiger partial charge is 0.335 e. The molecule has 37 heteroatoms. The number of amides is 2. The molecule has 1 fully saturated rings. The number of fused-ring (bicyclic) bond motifs is 6. The highest BCUT2D eigenvalue weighted by Crippen LogP contribution is 2.54. The van der Waals surface area contributed by atoms with E-state index < -0.39 is 105 Å². The van der Waals surface area contributed by atoms with E-state index in [-0.39, 0.29) is 178 Å². The topological polar surface area (TPSA) is 434 Å². The van der Waals surface area contributed by atoms with Crippen LogP contribution in [0.1, 0.15) is 63.5 Å². The summed E-state index contributed by atoms with van der Waals surface area (Å²) in [5, 5.41) is 0.280. The first kappa shape index (κ1) is 81.2. The summed E-state index contributed by atoms with van der Waals surface area (Å²) in [6, 6.07) is 9.34. The van der Waals surface area contributed by atoms with Crippen molar-refractivity contribution >= 4 is 107 Å². The average Bonchev–Trinajstić information content (AvgIpc) is 1.53. The standard InChI is InChI=1S/C63H83N3O29S5/c1-62(18-8-40-96(70,71)72)55(64(20-24-85-3)51-13-11-47-49(60(51)62)41-45(97(73,74)75)43-53(47)99(79,80)81)9-6-5-7-10-56-63(2,19-23-88-29-32-92-35-34-90-27-26-86-4)61-50-42-46(98(76,77)78)44-54(100(82,83)84)48(50)12-14-52(61)65(56)21-25-89-30-33-93-37-39-94-38-36-91-31-28-87-22-17-59(69)95-66-57(67)15-16-58(66)68/h5-7,9-14,41-44H,8,15-40H2,1-4H3,(H4-,70,71,72,73,74,75,76,77,78,79,80,81,82,83,84)/p+1. The molecule has 2 amide bonds. The number of hydrogen-bond acceptors (Lipinski definition) is 25. The van der Waals surface area contributed by atoms with Crippen molar-refractivity contribution in [3.05, 3.63) is 95.7 Å². The lowest BCUT2D eigenvalue weighted by molar-refractivity contribution is -0.441. The highest BCUT2D eigenvalue weighted by atomic mass is 32.2. The zero-order chi connectivity index (χ0) is 73.1. The van der Waals surface area contributed by atoms with Crippen LogP contribution in [-0.2, 0) is 128 Å². The molecule has 100 heavy (non-hydrogen) atoms. The van der Waals surface area contributed by atoms with Gasteiger partial charge in [-0.25, -0.2) is 4.79 Å². The van der Waals surface area contributed by atoms with E-state index in [0.29, 0.717) is 65.4 Å². The summed E-state index contributed by atoms with van der Waals surface area (Å²) in [4.78, 5) is 38.6. The minimum absolute atomic E-state index is 0.0144. The predicted molar refractivity (Wildman–Crippen MR) is 358 cm³/mol. The largest absolute Gasteiger partial charge is 0.382 e. The molecular formula is C63H84N3O29S5+. The van der Waals surface area contributed by atoms with E-state index in [9.17, 15) is 79.2 Å². The molecular weight excluding hydrogens is 1420 g/mol. The van der Waals surface area contributed by atoms with Crippen LogP contribution in [-0.4, -0.2) is 250 Å². The summed E-state index contributed by atoms with van der Waals surface area (Å²) >= 11 is 0. The second-order valence-corrected chi connectivity index (χ2v) is 30.5. The van der Waals surface area contributed by atoms with Crippen LogP contribution in [0.5, 0.6) is 0 Å². The van der Waals surface area contributed by atoms with Gasteiger partial charge in [0.05, 0.1) is 133 Å². The number of allylic oxidation sites excluding steroid dienone is 6. The van der Waals surface area contributed by atoms with Crippen LogP contribution in [0.3, 0.4) is 0 Å². The maximum absolute atomic E-state index is 13.1. The van der Waals surface area contributed by atoms with Gasteiger partial charge in [0, 0.05) is 85.5 Å². The number of imide groups is 1. The molecule has 2 unspecified atom stereocenters. The first-order chi connectivity index (χ1) is 47.3. The summed E-state index contributed by atoms with van der Waals surface area (Å²) in [6.07, 6.45) is 8.06. The van der Waals surface area contributed by atoms with Crippen LogP contribution in [0.25, 0.3) is 21.5 Å². The first-order valence-electron chi connectivity index (χ1n) is 31.5. The van der Waals surface area contributed by atoms with Crippen LogP contribution in [0.2, 0.25) is 0 Å². The molecule has 4 aromatic rings. The Hall–Kier alpha value is -6.15. The van der Waals surface area contributed by atoms with Gasteiger partial charge in [-0.05, 0) is 91.9 Å². The molecule has 5 N–H and O–H groups in total. The summed E-state index contributed by atoms with van der Waals surface area (Å²) in [5.41, 5.74) is -0.0717. The summed E-state index contributed by atoms with van der Waals surface area (Å²) in [6.45, 7) is 7.02. The molecule has 0 radical (unpaired) electrons. The Kier molecular flexibility index (Phi) is 29.5. The van der Waals surface area contributed by atoms with Crippen LogP contribution in [0.15, 0.2) is 104 Å². The van der Waals surface area contributed by atoms with Gasteiger partial charge in [0.1, 0.15) is 16.4 Å². The lowest BCUT2D eigenvalue weighted by Gasteiger charge is -2.31. The second-order valence-electron chi connectivity index (χ2n) is 23.3. The predicted octanol–water partition coefficient (Wildman–Crippen LogP) is 4.59. The van der Waals surface area contributed by atoms with Crippen molar-refractivity contribution in [2.24, 2.45) is 0 Å². The zero-order valence-corrected chi connectivity index (χ0v) is 59.6. The van der Waals surface area contributed by atoms with Crippen LogP contribution < -0.4 is 4.90 Å². The van der Waals surface area contributed by atoms with E-state index in [0.717, 1.165) is 12.1 Å². The van der Waals surface area contributed by atoms with Crippen molar-refractivity contribution in [2.45, 2.75) is 82.8 Å². The van der Waals surface area contributed by atoms with Gasteiger partial charge in [0.15, 0.2) is 12.3 Å². The zero-order valence-electron chi connectivity index (χ0n) is 55.5. The maximum atomic E-state index is 13.1. The Labute approximate surface area is 580 Å². The van der Waals surface area contributed by atoms with Crippen LogP contribution >= 0.6 is 0 Å². The molecule has 4 aromatic carbocycles. The van der Waals surface area contributed by atoms with Gasteiger partial charge in [-0.15, -0.1) is 5.06 Å². The number of carbonyl (C=O) groups excluding carboxylic acids is 3. The highest BCUT2D eigenvalue weighted by molar-refractivity contribution is 7.87. The van der Waals surface area contributed by atoms with E-state index in [1.807, 2.05) is 11.8 Å². The second kappa shape index (κ2) is 36.3. The number of hydrogen-bond donors (Lipinski definition) is 5. The monoisotopic (exact) mass is 1510 g/mol. The van der Waals surface area contributed by atoms with Crippen LogP contribution in [0.4, 0.5) is 11.4 Å². The maximum Gasteiger partial charge on any atom is 0.335 e. The summed E-state index contributed by atoms with van der Waals surface area (Å²) in [5.74, 6) is -2.65. The molecule has 554 valence electrons. The minimum atomic E-state index is -5.15. The number of anilines is 1. The molecule has 0 bridgehead atoms. The molecule has 0 saturated carbocycles. The van der Waals surface area contributed by atoms with Gasteiger partial charge >= 0.3 is 5.97 Å². The SMILES string of the molecule is COCCOCCOCCOCCC1(C)\C(=C/C=C/C=C/C2=[N+](CCOC)c3ccc4c(S(=O)(=O)O)cc(S(=O)(=O)O)cc4c3C2(C)CCCS(=O)(=O)O)N(CCOCCOCCOCCOCCOCCC(=O)ON2C(=O)CCC2=O)c2ccc3c(S(=O)(=O)O)cc(S(=O)(=O)O)cc3c21. The lowest BCUT2D eigenvalue weighted by Crippen LogP contribution is -2.32. The van der Waals surface area contributed by atoms with E-state index in [4.69, 9.17) is 52.2 Å². The number of carbonyl (C=O) groups is 3. The Morgan fingerprint density at radius 3 is 1.48 bits per heavy atom. The van der Waals surface area contributed by atoms with E-state index in [1.54, 1.807) is 61.1 Å². The van der Waals surface area contributed by atoms with Crippen molar-refractivity contribution in [3.8, 4) is 0 Å². The number of nitrogens with zero attached hydrogens (tertiary/aromatic N) is 3. The van der Waals surface area contributed by atoms with Crippen molar-refractivity contribution in [2.75, 3.05) is 157 Å².